The van der Waals surface area contributed by atoms with Crippen LogP contribution in [-0.2, 0) is 0 Å². The Kier molecular flexibility index (Phi) is 2.73. The van der Waals surface area contributed by atoms with Gasteiger partial charge in [-0.2, -0.15) is 0 Å². The first-order chi connectivity index (χ1) is 6.98. The largest absolute Gasteiger partial charge is 0.327 e. The third-order valence-electron chi connectivity index (χ3n) is 3.44. The van der Waals surface area contributed by atoms with Crippen molar-refractivity contribution < 1.29 is 0 Å². The quantitative estimate of drug-likeness (QED) is 0.656. The van der Waals surface area contributed by atoms with E-state index < -0.39 is 0 Å². The van der Waals surface area contributed by atoms with E-state index in [4.69, 9.17) is 5.73 Å². The maximum Gasteiger partial charge on any atom is 0.0350 e. The fraction of sp³-hybridized carbons (Fsp3) is 0.692. The van der Waals surface area contributed by atoms with Crippen molar-refractivity contribution in [2.75, 3.05) is 6.54 Å². The van der Waals surface area contributed by atoms with Gasteiger partial charge in [0, 0.05) is 24.2 Å². The van der Waals surface area contributed by atoms with E-state index >= 15 is 0 Å². The molecular formula is C13H22N2. The van der Waals surface area contributed by atoms with Gasteiger partial charge in [-0.15, -0.1) is 0 Å². The second-order valence-corrected chi connectivity index (χ2v) is 5.74. The molecule has 1 aliphatic carbocycles. The average Bonchev–Trinajstić information content (AvgIpc) is 2.15. The summed E-state index contributed by atoms with van der Waals surface area (Å²) in [6.45, 7) is 7.83. The number of likely N-dealkylation sites (tertiary alicyclic amines) is 1. The monoisotopic (exact) mass is 206 g/mol. The van der Waals surface area contributed by atoms with Crippen LogP contribution in [0.15, 0.2) is 24.3 Å². The Bertz CT molecular complexity index is 285. The third-order valence-corrected chi connectivity index (χ3v) is 3.44. The fourth-order valence-electron chi connectivity index (χ4n) is 2.71. The van der Waals surface area contributed by atoms with Crippen LogP contribution in [0.25, 0.3) is 0 Å². The summed E-state index contributed by atoms with van der Waals surface area (Å²) >= 11 is 0. The Morgan fingerprint density at radius 3 is 2.53 bits per heavy atom. The van der Waals surface area contributed by atoms with E-state index in [0.29, 0.717) is 18.0 Å². The zero-order valence-electron chi connectivity index (χ0n) is 9.98. The Morgan fingerprint density at radius 1 is 1.20 bits per heavy atom. The van der Waals surface area contributed by atoms with Crippen molar-refractivity contribution in [3.63, 3.8) is 0 Å². The molecular weight excluding hydrogens is 184 g/mol. The molecule has 15 heavy (non-hydrogen) atoms. The van der Waals surface area contributed by atoms with Crippen LogP contribution in [0.3, 0.4) is 0 Å². The van der Waals surface area contributed by atoms with Gasteiger partial charge in [0.05, 0.1) is 0 Å². The smallest absolute Gasteiger partial charge is 0.0350 e. The van der Waals surface area contributed by atoms with Gasteiger partial charge in [-0.1, -0.05) is 24.3 Å². The maximum atomic E-state index is 6.13. The van der Waals surface area contributed by atoms with E-state index in [0.717, 1.165) is 13.0 Å². The van der Waals surface area contributed by atoms with E-state index in [1.165, 1.54) is 0 Å². The van der Waals surface area contributed by atoms with Gasteiger partial charge in [-0.25, -0.2) is 0 Å². The SMILES string of the molecule is CC(C)(C)N1CC(N)CC2C=CC=CC21. The van der Waals surface area contributed by atoms with Gasteiger partial charge in [-0.3, -0.25) is 4.90 Å². The summed E-state index contributed by atoms with van der Waals surface area (Å²) in [5.41, 5.74) is 6.33. The molecule has 3 unspecified atom stereocenters. The molecule has 3 atom stereocenters. The van der Waals surface area contributed by atoms with Gasteiger partial charge < -0.3 is 5.73 Å². The van der Waals surface area contributed by atoms with Crippen LogP contribution >= 0.6 is 0 Å². The highest BCUT2D eigenvalue weighted by molar-refractivity contribution is 5.20. The summed E-state index contributed by atoms with van der Waals surface area (Å²) < 4.78 is 0. The molecule has 0 aromatic rings. The summed E-state index contributed by atoms with van der Waals surface area (Å²) in [6.07, 6.45) is 10.1. The van der Waals surface area contributed by atoms with E-state index in [1.54, 1.807) is 0 Å². The van der Waals surface area contributed by atoms with Crippen molar-refractivity contribution in [2.24, 2.45) is 11.7 Å². The average molecular weight is 206 g/mol. The second-order valence-electron chi connectivity index (χ2n) is 5.74. The number of nitrogens with zero attached hydrogens (tertiary/aromatic N) is 1. The molecule has 0 amide bonds. The molecule has 0 bridgehead atoms. The summed E-state index contributed by atoms with van der Waals surface area (Å²) in [5, 5.41) is 0. The first-order valence-corrected chi connectivity index (χ1v) is 5.86. The van der Waals surface area contributed by atoms with Crippen LogP contribution in [0.2, 0.25) is 0 Å². The van der Waals surface area contributed by atoms with Crippen molar-refractivity contribution in [1.82, 2.24) is 4.90 Å². The molecule has 1 heterocycles. The number of hydrogen-bond acceptors (Lipinski definition) is 2. The van der Waals surface area contributed by atoms with E-state index in [9.17, 15) is 0 Å². The molecule has 0 saturated carbocycles. The lowest BCUT2D eigenvalue weighted by molar-refractivity contribution is 0.0426. The second kappa shape index (κ2) is 3.76. The molecule has 84 valence electrons. The van der Waals surface area contributed by atoms with Crippen LogP contribution in [0.1, 0.15) is 27.2 Å². The molecule has 2 aliphatic rings. The summed E-state index contributed by atoms with van der Waals surface area (Å²) in [5.74, 6) is 0.609. The predicted octanol–water partition coefficient (Wildman–Crippen LogP) is 1.93. The third kappa shape index (κ3) is 2.16. The first-order valence-electron chi connectivity index (χ1n) is 5.86. The normalized spacial score (nSPS) is 36.7. The Morgan fingerprint density at radius 2 is 1.87 bits per heavy atom. The molecule has 0 spiro atoms. The van der Waals surface area contributed by atoms with Gasteiger partial charge in [0.15, 0.2) is 0 Å². The Hall–Kier alpha value is -0.600. The van der Waals surface area contributed by atoms with Gasteiger partial charge in [-0.05, 0) is 33.1 Å². The molecule has 0 aromatic carbocycles. The van der Waals surface area contributed by atoms with Crippen LogP contribution in [0, 0.1) is 5.92 Å². The van der Waals surface area contributed by atoms with Gasteiger partial charge in [0.2, 0.25) is 0 Å². The molecule has 2 rings (SSSR count). The molecule has 2 nitrogen and oxygen atoms in total. The standard InChI is InChI=1S/C13H22N2/c1-13(2,3)15-9-11(14)8-10-6-4-5-7-12(10)15/h4-7,10-12H,8-9,14H2,1-3H3. The van der Waals surface area contributed by atoms with Crippen molar-refractivity contribution in [3.8, 4) is 0 Å². The highest BCUT2D eigenvalue weighted by Gasteiger charge is 2.37. The minimum absolute atomic E-state index is 0.205. The molecule has 1 aliphatic heterocycles. The minimum Gasteiger partial charge on any atom is -0.327 e. The molecule has 0 radical (unpaired) electrons. The van der Waals surface area contributed by atoms with Crippen LogP contribution in [-0.4, -0.2) is 29.1 Å². The minimum atomic E-state index is 0.205. The lowest BCUT2D eigenvalue weighted by atomic mass is 9.81. The number of piperidine rings is 1. The van der Waals surface area contributed by atoms with E-state index in [2.05, 4.69) is 50.0 Å². The lowest BCUT2D eigenvalue weighted by Crippen LogP contribution is -2.59. The van der Waals surface area contributed by atoms with Gasteiger partial charge >= 0.3 is 0 Å². The number of hydrogen-bond donors (Lipinski definition) is 1. The van der Waals surface area contributed by atoms with Crippen LogP contribution in [0.5, 0.6) is 0 Å². The maximum absolute atomic E-state index is 6.13. The molecule has 0 aromatic heterocycles. The van der Waals surface area contributed by atoms with Gasteiger partial charge in [0.25, 0.3) is 0 Å². The highest BCUT2D eigenvalue weighted by Crippen LogP contribution is 2.32. The Labute approximate surface area is 92.8 Å². The Balaban J connectivity index is 2.22. The fourth-order valence-corrected chi connectivity index (χ4v) is 2.71. The van der Waals surface area contributed by atoms with Crippen molar-refractivity contribution in [2.45, 2.75) is 44.8 Å². The lowest BCUT2D eigenvalue weighted by Gasteiger charge is -2.49. The molecule has 1 saturated heterocycles. The molecule has 1 fully saturated rings. The summed E-state index contributed by atoms with van der Waals surface area (Å²) in [7, 11) is 0. The predicted molar refractivity (Wildman–Crippen MR) is 64.6 cm³/mol. The van der Waals surface area contributed by atoms with Crippen LogP contribution in [0.4, 0.5) is 0 Å². The van der Waals surface area contributed by atoms with Crippen molar-refractivity contribution >= 4 is 0 Å². The highest BCUT2D eigenvalue weighted by atomic mass is 15.2. The van der Waals surface area contributed by atoms with Crippen LogP contribution < -0.4 is 5.73 Å². The number of allylic oxidation sites excluding steroid dienone is 2. The van der Waals surface area contributed by atoms with E-state index in [1.807, 2.05) is 0 Å². The summed E-state index contributed by atoms with van der Waals surface area (Å²) in [4.78, 5) is 2.53. The zero-order chi connectivity index (χ0) is 11.1. The van der Waals surface area contributed by atoms with E-state index in [-0.39, 0.29) is 5.54 Å². The topological polar surface area (TPSA) is 29.3 Å². The molecule has 2 N–H and O–H groups in total. The number of rotatable bonds is 0. The first kappa shape index (κ1) is 10.9. The van der Waals surface area contributed by atoms with Gasteiger partial charge in [0.1, 0.15) is 0 Å². The van der Waals surface area contributed by atoms with Crippen molar-refractivity contribution in [1.29, 1.82) is 0 Å². The summed E-state index contributed by atoms with van der Waals surface area (Å²) in [6, 6.07) is 0.872. The number of nitrogens with two attached hydrogens (primary N) is 1. The van der Waals surface area contributed by atoms with Crippen molar-refractivity contribution in [3.05, 3.63) is 24.3 Å². The molecule has 2 heteroatoms. The zero-order valence-corrected chi connectivity index (χ0v) is 9.98. The number of fused-ring (bicyclic) bond motifs is 1.